The maximum Gasteiger partial charge on any atom is 0.407 e. The number of carbonyl (C=O) groups excluding carboxylic acids is 3. The van der Waals surface area contributed by atoms with E-state index in [9.17, 15) is 24.3 Å². The smallest absolute Gasteiger partial charge is 0.407 e. The third kappa shape index (κ3) is 9.95. The van der Waals surface area contributed by atoms with Crippen molar-refractivity contribution in [3.63, 3.8) is 0 Å². The second kappa shape index (κ2) is 17.8. The van der Waals surface area contributed by atoms with Crippen molar-refractivity contribution in [1.29, 1.82) is 0 Å². The number of hydrogen-bond donors (Lipinski definition) is 5. The molecule has 11 heteroatoms. The summed E-state index contributed by atoms with van der Waals surface area (Å²) in [5.41, 5.74) is 5.98. The summed E-state index contributed by atoms with van der Waals surface area (Å²) in [7, 11) is 0. The van der Waals surface area contributed by atoms with Crippen LogP contribution in [-0.4, -0.2) is 60.6 Å². The molecule has 11 nitrogen and oxygen atoms in total. The summed E-state index contributed by atoms with van der Waals surface area (Å²) in [4.78, 5) is 52.1. The molecular formula is C40H44N4O7. The van der Waals surface area contributed by atoms with Crippen LogP contribution >= 0.6 is 0 Å². The third-order valence-corrected chi connectivity index (χ3v) is 9.02. The molecule has 4 aromatic carbocycles. The zero-order valence-electron chi connectivity index (χ0n) is 28.7. The van der Waals surface area contributed by atoms with Gasteiger partial charge in [-0.3, -0.25) is 4.79 Å². The minimum Gasteiger partial charge on any atom is -0.480 e. The molecule has 0 aliphatic heterocycles. The van der Waals surface area contributed by atoms with Crippen molar-refractivity contribution in [2.24, 2.45) is 5.92 Å². The van der Waals surface area contributed by atoms with Crippen molar-refractivity contribution in [3.05, 3.63) is 131 Å². The highest BCUT2D eigenvalue weighted by atomic mass is 16.5. The van der Waals surface area contributed by atoms with Gasteiger partial charge in [0, 0.05) is 12.3 Å². The molecule has 0 aromatic heterocycles. The van der Waals surface area contributed by atoms with E-state index in [-0.39, 0.29) is 38.1 Å². The molecule has 0 radical (unpaired) electrons. The van der Waals surface area contributed by atoms with Crippen molar-refractivity contribution < 1.29 is 33.8 Å². The van der Waals surface area contributed by atoms with Crippen molar-refractivity contribution in [2.45, 2.75) is 57.5 Å². The lowest BCUT2D eigenvalue weighted by Gasteiger charge is -2.26. The van der Waals surface area contributed by atoms with Crippen molar-refractivity contribution in [2.75, 3.05) is 13.2 Å². The summed E-state index contributed by atoms with van der Waals surface area (Å²) >= 11 is 0. The topological polar surface area (TPSA) is 155 Å². The maximum absolute atomic E-state index is 13.8. The van der Waals surface area contributed by atoms with E-state index in [0.717, 1.165) is 33.4 Å². The Balaban J connectivity index is 1.29. The second-order valence-electron chi connectivity index (χ2n) is 12.6. The fourth-order valence-corrected chi connectivity index (χ4v) is 6.12. The number of carboxylic acids is 1. The maximum atomic E-state index is 13.8. The van der Waals surface area contributed by atoms with Gasteiger partial charge in [-0.25, -0.2) is 14.4 Å². The summed E-state index contributed by atoms with van der Waals surface area (Å²) in [5, 5.41) is 20.4. The molecule has 5 rings (SSSR count). The van der Waals surface area contributed by atoms with Gasteiger partial charge in [-0.15, -0.1) is 0 Å². The average Bonchev–Trinajstić information content (AvgIpc) is 3.46. The molecule has 0 bridgehead atoms. The van der Waals surface area contributed by atoms with Gasteiger partial charge in [0.05, 0.1) is 13.2 Å². The van der Waals surface area contributed by atoms with E-state index in [4.69, 9.17) is 9.47 Å². The number of alkyl carbamates (subject to hydrolysis) is 1. The van der Waals surface area contributed by atoms with Gasteiger partial charge in [0.25, 0.3) is 0 Å². The monoisotopic (exact) mass is 692 g/mol. The Kier molecular flexibility index (Phi) is 12.8. The number of nitrogens with one attached hydrogen (secondary N) is 4. The van der Waals surface area contributed by atoms with Crippen LogP contribution in [0.15, 0.2) is 109 Å². The Morgan fingerprint density at radius 3 is 1.88 bits per heavy atom. The lowest BCUT2D eigenvalue weighted by atomic mass is 9.98. The Morgan fingerprint density at radius 2 is 1.29 bits per heavy atom. The Bertz CT molecular complexity index is 1740. The van der Waals surface area contributed by atoms with Gasteiger partial charge in [0.1, 0.15) is 24.9 Å². The highest BCUT2D eigenvalue weighted by Gasteiger charge is 2.31. The Hall–Kier alpha value is -5.68. The van der Waals surface area contributed by atoms with Gasteiger partial charge in [-0.05, 0) is 39.3 Å². The van der Waals surface area contributed by atoms with E-state index in [1.165, 1.54) is 0 Å². The van der Waals surface area contributed by atoms with E-state index in [0.29, 0.717) is 6.42 Å². The number of benzene rings is 4. The fourth-order valence-electron chi connectivity index (χ4n) is 6.12. The number of aliphatic carboxylic acids is 1. The van der Waals surface area contributed by atoms with Crippen LogP contribution in [0.1, 0.15) is 48.4 Å². The number of rotatable bonds is 16. The molecular weight excluding hydrogens is 648 g/mol. The normalized spacial score (nSPS) is 14.2. The number of ether oxygens (including phenoxy) is 2. The van der Waals surface area contributed by atoms with Crippen LogP contribution in [0.25, 0.3) is 11.1 Å². The van der Waals surface area contributed by atoms with Crippen molar-refractivity contribution in [3.8, 4) is 11.1 Å². The lowest BCUT2D eigenvalue weighted by molar-refractivity contribution is -0.140. The number of urea groups is 1. The molecule has 4 amide bonds. The molecule has 0 spiro atoms. The Labute approximate surface area is 297 Å². The molecule has 51 heavy (non-hydrogen) atoms. The van der Waals surface area contributed by atoms with Gasteiger partial charge in [0.15, 0.2) is 0 Å². The van der Waals surface area contributed by atoms with Crippen LogP contribution in [0.4, 0.5) is 9.59 Å². The lowest BCUT2D eigenvalue weighted by Crippen LogP contribution is -2.59. The quantitative estimate of drug-likeness (QED) is 0.0959. The molecule has 1 aliphatic rings. The summed E-state index contributed by atoms with van der Waals surface area (Å²) in [6.07, 6.45) is -1.05. The largest absolute Gasteiger partial charge is 0.480 e. The molecule has 0 fully saturated rings. The highest BCUT2D eigenvalue weighted by molar-refractivity contribution is 5.87. The molecule has 266 valence electrons. The third-order valence-electron chi connectivity index (χ3n) is 9.02. The molecule has 4 aromatic rings. The van der Waals surface area contributed by atoms with Gasteiger partial charge in [-0.1, -0.05) is 129 Å². The van der Waals surface area contributed by atoms with Crippen LogP contribution in [-0.2, 0) is 32.1 Å². The molecule has 0 saturated heterocycles. The summed E-state index contributed by atoms with van der Waals surface area (Å²) in [6, 6.07) is 31.5. The molecule has 5 N–H and O–H groups in total. The van der Waals surface area contributed by atoms with E-state index in [1.54, 1.807) is 6.92 Å². The molecule has 4 atom stereocenters. The fraction of sp³-hybridized carbons (Fsp3) is 0.300. The predicted molar refractivity (Wildman–Crippen MR) is 193 cm³/mol. The SMILES string of the molecule is CC[C@H](C)[C@H](NC(=O)N[C@@H](Cc1ccccc1)NC(=O)[C@H](COCc1ccccc1)NC(=O)OCC1c2ccccc2-c2ccccc21)C(=O)O. The molecule has 0 heterocycles. The molecule has 0 saturated carbocycles. The Morgan fingerprint density at radius 1 is 0.725 bits per heavy atom. The number of fused-ring (bicyclic) bond motifs is 3. The number of amides is 4. The van der Waals surface area contributed by atoms with Crippen molar-refractivity contribution in [1.82, 2.24) is 21.3 Å². The van der Waals surface area contributed by atoms with E-state index < -0.39 is 42.3 Å². The first-order chi connectivity index (χ1) is 24.7. The molecule has 1 aliphatic carbocycles. The number of hydrogen-bond acceptors (Lipinski definition) is 6. The van der Waals surface area contributed by atoms with Gasteiger partial charge in [0.2, 0.25) is 5.91 Å². The minimum atomic E-state index is -1.20. The van der Waals surface area contributed by atoms with Crippen molar-refractivity contribution >= 4 is 24.0 Å². The van der Waals surface area contributed by atoms with Crippen LogP contribution in [0.2, 0.25) is 0 Å². The van der Waals surface area contributed by atoms with Gasteiger partial charge in [-0.2, -0.15) is 0 Å². The standard InChI is InChI=1S/C40H44N4O7/c1-3-26(2)36(38(46)47)44-39(48)43-35(22-27-14-6-4-7-15-27)42-37(45)34(25-50-23-28-16-8-5-9-17-28)41-40(49)51-24-33-31-20-12-10-18-29(31)30-19-11-13-21-32(30)33/h4-21,26,33-36H,3,22-25H2,1-2H3,(H,41,49)(H,42,45)(H,46,47)(H2,43,44,48)/t26-,34-,35-,36-/m0/s1. The van der Waals surface area contributed by atoms with E-state index >= 15 is 0 Å². The first kappa shape index (κ1) is 36.6. The minimum absolute atomic E-state index is 0.0539. The summed E-state index contributed by atoms with van der Waals surface area (Å²) < 4.78 is 11.6. The van der Waals surface area contributed by atoms with Crippen LogP contribution < -0.4 is 21.3 Å². The zero-order chi connectivity index (χ0) is 36.2. The number of carboxylic acid groups (broad SMARTS) is 1. The van der Waals surface area contributed by atoms with Crippen LogP contribution in [0.5, 0.6) is 0 Å². The van der Waals surface area contributed by atoms with Gasteiger partial charge < -0.3 is 35.8 Å². The first-order valence-corrected chi connectivity index (χ1v) is 17.1. The van der Waals surface area contributed by atoms with Gasteiger partial charge >= 0.3 is 18.1 Å². The summed E-state index contributed by atoms with van der Waals surface area (Å²) in [5.74, 6) is -2.30. The first-order valence-electron chi connectivity index (χ1n) is 17.1. The van der Waals surface area contributed by atoms with E-state index in [1.807, 2.05) is 116 Å². The zero-order valence-corrected chi connectivity index (χ0v) is 28.7. The average molecular weight is 693 g/mol. The van der Waals surface area contributed by atoms with Crippen LogP contribution in [0.3, 0.4) is 0 Å². The highest BCUT2D eigenvalue weighted by Crippen LogP contribution is 2.44. The van der Waals surface area contributed by atoms with E-state index in [2.05, 4.69) is 21.3 Å². The molecule has 0 unspecified atom stereocenters. The number of carbonyl (C=O) groups is 4. The predicted octanol–water partition coefficient (Wildman–Crippen LogP) is 5.59. The van der Waals surface area contributed by atoms with Crippen LogP contribution in [0, 0.1) is 5.92 Å². The second-order valence-corrected chi connectivity index (χ2v) is 12.6. The summed E-state index contributed by atoms with van der Waals surface area (Å²) in [6.45, 7) is 3.62.